The summed E-state index contributed by atoms with van der Waals surface area (Å²) < 4.78 is 0. The van der Waals surface area contributed by atoms with Gasteiger partial charge >= 0.3 is 0 Å². The van der Waals surface area contributed by atoms with Crippen LogP contribution < -0.4 is 11.5 Å². The third-order valence-corrected chi connectivity index (χ3v) is 4.75. The maximum absolute atomic E-state index is 6.23. The fourth-order valence-corrected chi connectivity index (χ4v) is 3.05. The molecule has 1 rings (SSSR count). The molecule has 0 spiro atoms. The van der Waals surface area contributed by atoms with Crippen LogP contribution in [-0.2, 0) is 0 Å². The van der Waals surface area contributed by atoms with Crippen LogP contribution in [0.1, 0.15) is 6.92 Å². The Morgan fingerprint density at radius 1 is 1.38 bits per heavy atom. The van der Waals surface area contributed by atoms with E-state index in [1.165, 1.54) is 4.91 Å². The van der Waals surface area contributed by atoms with Crippen LogP contribution >= 0.6 is 23.5 Å². The zero-order chi connectivity index (χ0) is 10.1. The molecule has 0 saturated heterocycles. The molecule has 2 unspecified atom stereocenters. The Balaban J connectivity index is 3.03. The van der Waals surface area contributed by atoms with Gasteiger partial charge in [-0.05, 0) is 23.5 Å². The first kappa shape index (κ1) is 11.0. The van der Waals surface area contributed by atoms with Gasteiger partial charge in [0.25, 0.3) is 0 Å². The molecular weight excluding hydrogens is 200 g/mol. The van der Waals surface area contributed by atoms with Crippen LogP contribution in [0, 0.1) is 5.92 Å². The molecule has 1 aliphatic rings. The second kappa shape index (κ2) is 3.98. The van der Waals surface area contributed by atoms with Crippen LogP contribution in [0.5, 0.6) is 0 Å². The molecule has 0 fully saturated rings. The molecule has 2 atom stereocenters. The standard InChI is InChI=1S/C9H16N2S2/c1-6-7(12-2)4-5-8(10)9(6,11)13-3/h4-6H,10-11H2,1-3H3. The molecule has 0 aromatic carbocycles. The monoisotopic (exact) mass is 216 g/mol. The van der Waals surface area contributed by atoms with Gasteiger partial charge in [0.05, 0.1) is 0 Å². The van der Waals surface area contributed by atoms with E-state index < -0.39 is 4.87 Å². The highest BCUT2D eigenvalue weighted by molar-refractivity contribution is 8.02. The van der Waals surface area contributed by atoms with Gasteiger partial charge in [0, 0.05) is 11.6 Å². The third kappa shape index (κ3) is 1.75. The quantitative estimate of drug-likeness (QED) is 0.690. The number of nitrogens with two attached hydrogens (primary N) is 2. The lowest BCUT2D eigenvalue weighted by Gasteiger charge is -2.37. The maximum atomic E-state index is 6.23. The SMILES string of the molecule is CSC1=CC=C(N)C(N)(SC)C1C. The zero-order valence-corrected chi connectivity index (χ0v) is 9.84. The molecular formula is C9H16N2S2. The minimum Gasteiger partial charge on any atom is -0.400 e. The lowest BCUT2D eigenvalue weighted by atomic mass is 9.94. The van der Waals surface area contributed by atoms with Crippen molar-refractivity contribution >= 4 is 23.5 Å². The highest BCUT2D eigenvalue weighted by Gasteiger charge is 2.37. The fraction of sp³-hybridized carbons (Fsp3) is 0.556. The second-order valence-electron chi connectivity index (χ2n) is 3.11. The van der Waals surface area contributed by atoms with Crippen LogP contribution in [-0.4, -0.2) is 17.4 Å². The summed E-state index contributed by atoms with van der Waals surface area (Å²) in [6, 6.07) is 0. The van der Waals surface area contributed by atoms with E-state index in [-0.39, 0.29) is 0 Å². The van der Waals surface area contributed by atoms with Gasteiger partial charge in [-0.15, -0.1) is 23.5 Å². The molecule has 0 aliphatic heterocycles. The van der Waals surface area contributed by atoms with Crippen molar-refractivity contribution < 1.29 is 0 Å². The average Bonchev–Trinajstić information content (AvgIpc) is 2.15. The van der Waals surface area contributed by atoms with Gasteiger partial charge in [-0.1, -0.05) is 13.0 Å². The first-order valence-corrected chi connectivity index (χ1v) is 6.57. The van der Waals surface area contributed by atoms with Crippen molar-refractivity contribution in [1.82, 2.24) is 0 Å². The Labute approximate surface area is 88.2 Å². The second-order valence-corrected chi connectivity index (χ2v) is 5.08. The lowest BCUT2D eigenvalue weighted by molar-refractivity contribution is 0.537. The normalized spacial score (nSPS) is 34.0. The summed E-state index contributed by atoms with van der Waals surface area (Å²) in [4.78, 5) is 0.874. The number of rotatable bonds is 2. The Hall–Kier alpha value is -0.0600. The van der Waals surface area contributed by atoms with Gasteiger partial charge in [0.15, 0.2) is 0 Å². The van der Waals surface area contributed by atoms with Crippen LogP contribution in [0.2, 0.25) is 0 Å². The zero-order valence-electron chi connectivity index (χ0n) is 8.20. The minimum absolute atomic E-state index is 0.294. The number of hydrogen-bond acceptors (Lipinski definition) is 4. The number of thioether (sulfide) groups is 2. The molecule has 1 aliphatic carbocycles. The predicted molar refractivity (Wildman–Crippen MR) is 63.5 cm³/mol. The summed E-state index contributed by atoms with van der Waals surface area (Å²) in [5.41, 5.74) is 12.9. The van der Waals surface area contributed by atoms with Gasteiger partial charge in [-0.3, -0.25) is 0 Å². The van der Waals surface area contributed by atoms with Crippen molar-refractivity contribution in [3.8, 4) is 0 Å². The van der Waals surface area contributed by atoms with Gasteiger partial charge in [-0.25, -0.2) is 0 Å². The first-order chi connectivity index (χ1) is 6.06. The maximum Gasteiger partial charge on any atom is 0.109 e. The molecule has 0 heterocycles. The molecule has 0 amide bonds. The number of hydrogen-bond donors (Lipinski definition) is 2. The summed E-state index contributed by atoms with van der Waals surface area (Å²) >= 11 is 3.35. The molecule has 0 aromatic rings. The van der Waals surface area contributed by atoms with E-state index in [4.69, 9.17) is 11.5 Å². The van der Waals surface area contributed by atoms with Crippen LogP contribution in [0.15, 0.2) is 22.8 Å². The summed E-state index contributed by atoms with van der Waals surface area (Å²) in [6.07, 6.45) is 8.05. The molecule has 2 nitrogen and oxygen atoms in total. The molecule has 4 N–H and O–H groups in total. The highest BCUT2D eigenvalue weighted by Crippen LogP contribution is 2.41. The Morgan fingerprint density at radius 3 is 2.46 bits per heavy atom. The van der Waals surface area contributed by atoms with Crippen LogP contribution in [0.4, 0.5) is 0 Å². The average molecular weight is 216 g/mol. The van der Waals surface area contributed by atoms with Crippen molar-refractivity contribution in [2.45, 2.75) is 11.8 Å². The molecule has 0 saturated carbocycles. The van der Waals surface area contributed by atoms with E-state index >= 15 is 0 Å². The molecule has 0 bridgehead atoms. The summed E-state index contributed by atoms with van der Waals surface area (Å²) in [7, 11) is 0. The Kier molecular flexibility index (Phi) is 3.38. The van der Waals surface area contributed by atoms with Crippen molar-refractivity contribution in [2.24, 2.45) is 17.4 Å². The number of allylic oxidation sites excluding steroid dienone is 2. The first-order valence-electron chi connectivity index (χ1n) is 4.12. The molecule has 0 aromatic heterocycles. The minimum atomic E-state index is -0.424. The van der Waals surface area contributed by atoms with Crippen LogP contribution in [0.25, 0.3) is 0 Å². The summed E-state index contributed by atoms with van der Waals surface area (Å²) in [5.74, 6) is 0.294. The van der Waals surface area contributed by atoms with Crippen molar-refractivity contribution in [2.75, 3.05) is 12.5 Å². The van der Waals surface area contributed by atoms with E-state index in [0.29, 0.717) is 5.92 Å². The van der Waals surface area contributed by atoms with Crippen molar-refractivity contribution in [3.05, 3.63) is 22.8 Å². The van der Waals surface area contributed by atoms with Crippen LogP contribution in [0.3, 0.4) is 0 Å². The van der Waals surface area contributed by atoms with E-state index in [1.54, 1.807) is 23.5 Å². The lowest BCUT2D eigenvalue weighted by Crippen LogP contribution is -2.48. The van der Waals surface area contributed by atoms with Gasteiger partial charge < -0.3 is 11.5 Å². The summed E-state index contributed by atoms with van der Waals surface area (Å²) in [6.45, 7) is 2.12. The van der Waals surface area contributed by atoms with E-state index in [9.17, 15) is 0 Å². The van der Waals surface area contributed by atoms with E-state index in [1.807, 2.05) is 12.3 Å². The Bertz CT molecular complexity index is 260. The summed E-state index contributed by atoms with van der Waals surface area (Å²) in [5, 5.41) is 0. The molecule has 74 valence electrons. The van der Waals surface area contributed by atoms with Gasteiger partial charge in [0.2, 0.25) is 0 Å². The molecule has 13 heavy (non-hydrogen) atoms. The Morgan fingerprint density at radius 2 is 2.00 bits per heavy atom. The highest BCUT2D eigenvalue weighted by atomic mass is 32.2. The third-order valence-electron chi connectivity index (χ3n) is 2.52. The van der Waals surface area contributed by atoms with Gasteiger partial charge in [0.1, 0.15) is 4.87 Å². The fourth-order valence-electron chi connectivity index (χ4n) is 1.45. The topological polar surface area (TPSA) is 52.0 Å². The van der Waals surface area contributed by atoms with E-state index in [2.05, 4.69) is 19.3 Å². The largest absolute Gasteiger partial charge is 0.400 e. The van der Waals surface area contributed by atoms with E-state index in [0.717, 1.165) is 5.70 Å². The van der Waals surface area contributed by atoms with Crippen molar-refractivity contribution in [1.29, 1.82) is 0 Å². The van der Waals surface area contributed by atoms with Gasteiger partial charge in [-0.2, -0.15) is 0 Å². The predicted octanol–water partition coefficient (Wildman–Crippen LogP) is 1.74. The molecule has 4 heteroatoms. The van der Waals surface area contributed by atoms with Crippen molar-refractivity contribution in [3.63, 3.8) is 0 Å². The smallest absolute Gasteiger partial charge is 0.109 e. The molecule has 0 radical (unpaired) electrons.